The number of halogens is 1. The fraction of sp³-hybridized carbons (Fsp3) is 0.375. The Morgan fingerprint density at radius 2 is 1.47 bits per heavy atom. The summed E-state index contributed by atoms with van der Waals surface area (Å²) in [7, 11) is 2.14. The smallest absolute Gasteiger partial charge is 0.215 e. The van der Waals surface area contributed by atoms with Crippen LogP contribution in [-0.2, 0) is 12.5 Å². The van der Waals surface area contributed by atoms with Crippen LogP contribution in [0.2, 0.25) is 0 Å². The van der Waals surface area contributed by atoms with Gasteiger partial charge in [-0.3, -0.25) is 7.18 Å². The van der Waals surface area contributed by atoms with Gasteiger partial charge < -0.3 is 4.57 Å². The summed E-state index contributed by atoms with van der Waals surface area (Å²) in [6.45, 7) is 18.1. The number of nitrogens with zero attached hydrogens (tertiary/aromatic N) is 5. The molecule has 6 aromatic rings. The highest BCUT2D eigenvalue weighted by Crippen LogP contribution is 2.41. The van der Waals surface area contributed by atoms with Crippen molar-refractivity contribution in [2.75, 3.05) is 0 Å². The summed E-state index contributed by atoms with van der Waals surface area (Å²) < 4.78 is 6.85. The molecule has 0 aliphatic rings. The van der Waals surface area contributed by atoms with Crippen LogP contribution in [0.3, 0.4) is 0 Å². The molecule has 0 saturated carbocycles. The largest absolute Gasteiger partial charge is 0.312 e. The second-order valence-electron chi connectivity index (χ2n) is 12.3. The molecule has 0 N–H and O–H groups in total. The van der Waals surface area contributed by atoms with Crippen molar-refractivity contribution in [3.63, 3.8) is 0 Å². The number of hydrogen-bond acceptors (Lipinski definition) is 2. The van der Waals surface area contributed by atoms with Crippen LogP contribution in [0.25, 0.3) is 50.3 Å². The maximum atomic E-state index is 5.33. The van der Waals surface area contributed by atoms with Crippen molar-refractivity contribution in [1.29, 1.82) is 0 Å². The molecule has 0 bridgehead atoms. The molecule has 3 aromatic heterocycles. The first-order chi connectivity index (χ1) is 17.9. The van der Waals surface area contributed by atoms with Crippen LogP contribution in [0.15, 0.2) is 42.5 Å². The van der Waals surface area contributed by atoms with Crippen molar-refractivity contribution >= 4 is 61.7 Å². The summed E-state index contributed by atoms with van der Waals surface area (Å²) >= 11 is 2.45. The van der Waals surface area contributed by atoms with E-state index in [2.05, 4.69) is 140 Å². The number of para-hydroxylation sites is 1. The van der Waals surface area contributed by atoms with Crippen LogP contribution in [-0.4, -0.2) is 21.7 Å². The van der Waals surface area contributed by atoms with Crippen LogP contribution < -0.4 is 0 Å². The summed E-state index contributed by atoms with van der Waals surface area (Å²) in [5, 5.41) is 0. The van der Waals surface area contributed by atoms with Crippen LogP contribution >= 0.6 is 22.9 Å². The summed E-state index contributed by atoms with van der Waals surface area (Å²) in [6, 6.07) is 15.6. The van der Waals surface area contributed by atoms with E-state index in [0.29, 0.717) is 11.8 Å². The number of hydrogen-bond donors (Lipinski definition) is 0. The molecule has 0 amide bonds. The number of imidazole rings is 3. The minimum atomic E-state index is 0.0171. The molecule has 196 valence electrons. The maximum absolute atomic E-state index is 5.33. The van der Waals surface area contributed by atoms with Crippen molar-refractivity contribution < 1.29 is 0 Å². The highest BCUT2D eigenvalue weighted by Gasteiger charge is 2.26. The third-order valence-corrected chi connectivity index (χ3v) is 8.97. The third-order valence-electron chi connectivity index (χ3n) is 8.03. The molecule has 6 rings (SSSR count). The summed E-state index contributed by atoms with van der Waals surface area (Å²) in [5.41, 5.74) is 13.3. The Bertz CT molecular complexity index is 1860. The zero-order chi connectivity index (χ0) is 27.3. The molecule has 3 aromatic carbocycles. The molecule has 0 atom stereocenters. The molecule has 0 aliphatic heterocycles. The van der Waals surface area contributed by atoms with Crippen LogP contribution in [0.4, 0.5) is 0 Å². The molecule has 0 fully saturated rings. The van der Waals surface area contributed by atoms with Gasteiger partial charge in [-0.1, -0.05) is 78.8 Å². The topological polar surface area (TPSA) is 40.1 Å². The van der Waals surface area contributed by atoms with Crippen molar-refractivity contribution in [3.05, 3.63) is 64.7 Å². The Balaban J connectivity index is 1.72. The lowest BCUT2D eigenvalue weighted by Gasteiger charge is -2.19. The molecular formula is C32H36IN5. The first kappa shape index (κ1) is 25.4. The lowest BCUT2D eigenvalue weighted by molar-refractivity contribution is 0.595. The van der Waals surface area contributed by atoms with Gasteiger partial charge in [0.2, 0.25) is 5.78 Å². The quantitative estimate of drug-likeness (QED) is 0.186. The number of benzene rings is 3. The van der Waals surface area contributed by atoms with E-state index in [4.69, 9.17) is 9.97 Å². The van der Waals surface area contributed by atoms with Gasteiger partial charge >= 0.3 is 0 Å². The first-order valence-electron chi connectivity index (χ1n) is 13.5. The van der Waals surface area contributed by atoms with E-state index in [-0.39, 0.29) is 5.41 Å². The highest BCUT2D eigenvalue weighted by atomic mass is 127. The summed E-state index contributed by atoms with van der Waals surface area (Å²) in [6.07, 6.45) is 0. The average molecular weight is 618 g/mol. The number of aryl methyl sites for hydroxylation is 2. The average Bonchev–Trinajstić information content (AvgIpc) is 3.48. The summed E-state index contributed by atoms with van der Waals surface area (Å²) in [4.78, 5) is 10.5. The van der Waals surface area contributed by atoms with Crippen LogP contribution in [0, 0.1) is 6.92 Å². The lowest BCUT2D eigenvalue weighted by atomic mass is 9.86. The van der Waals surface area contributed by atoms with Gasteiger partial charge in [0.15, 0.2) is 5.82 Å². The van der Waals surface area contributed by atoms with Gasteiger partial charge in [-0.2, -0.15) is 0 Å². The Labute approximate surface area is 238 Å². The van der Waals surface area contributed by atoms with Gasteiger partial charge in [-0.15, -0.1) is 0 Å². The van der Waals surface area contributed by atoms with Gasteiger partial charge in [-0.25, -0.2) is 9.97 Å². The Morgan fingerprint density at radius 3 is 2.08 bits per heavy atom. The van der Waals surface area contributed by atoms with E-state index < -0.39 is 0 Å². The molecule has 0 saturated heterocycles. The molecule has 0 radical (unpaired) electrons. The van der Waals surface area contributed by atoms with Gasteiger partial charge in [-0.05, 0) is 53.0 Å². The SMILES string of the molecule is Cc1c2c(cc3c1n(C)c1nc4c(C(C)(C)C)cccc4n31)nc(-c1c(C(C)C)cccc1C(C)C)n2I. The van der Waals surface area contributed by atoms with Gasteiger partial charge in [0.25, 0.3) is 0 Å². The number of fused-ring (bicyclic) bond motifs is 6. The minimum Gasteiger partial charge on any atom is -0.312 e. The van der Waals surface area contributed by atoms with Gasteiger partial charge in [0.05, 0.1) is 56.0 Å². The number of aromatic nitrogens is 5. The van der Waals surface area contributed by atoms with Gasteiger partial charge in [0.1, 0.15) is 0 Å². The molecule has 0 unspecified atom stereocenters. The standard InChI is InChI=1S/C32H36IN5/c1-17(2)20-12-10-13-21(18(3)4)26(20)30-34-23-16-25-29(19(5)28(23)38(30)33)36(9)31-35-27-22(32(6,7)8)14-11-15-24(27)37(25)31/h10-18H,1-9H3. The zero-order valence-electron chi connectivity index (χ0n) is 23.8. The van der Waals surface area contributed by atoms with E-state index in [1.165, 1.54) is 38.9 Å². The first-order valence-corrected chi connectivity index (χ1v) is 14.5. The predicted octanol–water partition coefficient (Wildman–Crippen LogP) is 9.05. The van der Waals surface area contributed by atoms with E-state index in [9.17, 15) is 0 Å². The summed E-state index contributed by atoms with van der Waals surface area (Å²) in [5.74, 6) is 2.83. The molecule has 0 spiro atoms. The van der Waals surface area contributed by atoms with E-state index in [1.54, 1.807) is 0 Å². The van der Waals surface area contributed by atoms with Crippen LogP contribution in [0.1, 0.15) is 82.6 Å². The minimum absolute atomic E-state index is 0.0171. The van der Waals surface area contributed by atoms with E-state index in [0.717, 1.165) is 33.7 Å². The van der Waals surface area contributed by atoms with Crippen molar-refractivity contribution in [3.8, 4) is 11.4 Å². The van der Waals surface area contributed by atoms with E-state index >= 15 is 0 Å². The lowest BCUT2D eigenvalue weighted by Crippen LogP contribution is -2.11. The Morgan fingerprint density at radius 1 is 0.842 bits per heavy atom. The monoisotopic (exact) mass is 617 g/mol. The zero-order valence-corrected chi connectivity index (χ0v) is 26.0. The number of rotatable bonds is 3. The fourth-order valence-corrected chi connectivity index (χ4v) is 7.13. The molecule has 6 heteroatoms. The molecule has 3 heterocycles. The second-order valence-corrected chi connectivity index (χ2v) is 13.3. The third kappa shape index (κ3) is 3.48. The predicted molar refractivity (Wildman–Crippen MR) is 169 cm³/mol. The second kappa shape index (κ2) is 8.57. The van der Waals surface area contributed by atoms with Crippen molar-refractivity contribution in [1.82, 2.24) is 21.7 Å². The Kier molecular flexibility index (Phi) is 5.73. The molecule has 5 nitrogen and oxygen atoms in total. The Hall–Kier alpha value is -2.87. The van der Waals surface area contributed by atoms with Crippen molar-refractivity contribution in [2.24, 2.45) is 7.05 Å². The van der Waals surface area contributed by atoms with E-state index in [1.807, 2.05) is 0 Å². The van der Waals surface area contributed by atoms with Crippen molar-refractivity contribution in [2.45, 2.75) is 72.6 Å². The maximum Gasteiger partial charge on any atom is 0.215 e. The molecular weight excluding hydrogens is 581 g/mol. The molecule has 0 aliphatic carbocycles. The van der Waals surface area contributed by atoms with Crippen LogP contribution in [0.5, 0.6) is 0 Å². The van der Waals surface area contributed by atoms with Gasteiger partial charge in [0, 0.05) is 18.2 Å². The molecule has 38 heavy (non-hydrogen) atoms. The normalized spacial score (nSPS) is 12.9. The fourth-order valence-electron chi connectivity index (χ4n) is 6.17. The highest BCUT2D eigenvalue weighted by molar-refractivity contribution is 14.1.